The normalized spacial score (nSPS) is 28.7. The van der Waals surface area contributed by atoms with Crippen molar-refractivity contribution in [2.75, 3.05) is 54.8 Å². The third-order valence-electron chi connectivity index (χ3n) is 5.86. The molecule has 0 radical (unpaired) electrons. The Balaban J connectivity index is 1.40. The topological polar surface area (TPSA) is 70.8 Å². The van der Waals surface area contributed by atoms with E-state index < -0.39 is 0 Å². The van der Waals surface area contributed by atoms with Gasteiger partial charge < -0.3 is 20.3 Å². The van der Waals surface area contributed by atoms with Gasteiger partial charge in [-0.1, -0.05) is 0 Å². The highest BCUT2D eigenvalue weighted by Gasteiger charge is 2.31. The molecule has 4 heterocycles. The molecule has 0 unspecified atom stereocenters. The third-order valence-corrected chi connectivity index (χ3v) is 5.86. The SMILES string of the molecule is C[C@@H]1CN(C2CCN(c3cc(N)nc(N4CCCC4)n3)CC2)C[C@H](C)O1. The van der Waals surface area contributed by atoms with Crippen molar-refractivity contribution in [2.45, 2.75) is 57.8 Å². The molecular formula is C19H32N6O. The van der Waals surface area contributed by atoms with Gasteiger partial charge in [-0.05, 0) is 39.5 Å². The number of hydrogen-bond donors (Lipinski definition) is 1. The maximum atomic E-state index is 6.08. The summed E-state index contributed by atoms with van der Waals surface area (Å²) < 4.78 is 5.89. The number of nitrogens with two attached hydrogens (primary N) is 1. The van der Waals surface area contributed by atoms with Crippen LogP contribution < -0.4 is 15.5 Å². The molecule has 2 atom stereocenters. The second-order valence-corrected chi connectivity index (χ2v) is 8.07. The molecule has 3 fully saturated rings. The molecule has 0 amide bonds. The van der Waals surface area contributed by atoms with E-state index in [9.17, 15) is 0 Å². The molecule has 3 aliphatic heterocycles. The van der Waals surface area contributed by atoms with E-state index in [1.807, 2.05) is 6.07 Å². The molecule has 1 aromatic rings. The van der Waals surface area contributed by atoms with Gasteiger partial charge in [0.15, 0.2) is 0 Å². The summed E-state index contributed by atoms with van der Waals surface area (Å²) in [5, 5.41) is 0. The molecule has 3 aliphatic rings. The van der Waals surface area contributed by atoms with Gasteiger partial charge in [0.25, 0.3) is 0 Å². The van der Waals surface area contributed by atoms with Crippen molar-refractivity contribution in [3.63, 3.8) is 0 Å². The highest BCUT2D eigenvalue weighted by molar-refractivity contribution is 5.52. The molecule has 7 nitrogen and oxygen atoms in total. The number of rotatable bonds is 3. The van der Waals surface area contributed by atoms with Crippen LogP contribution in [-0.4, -0.2) is 72.4 Å². The molecule has 0 bridgehead atoms. The van der Waals surface area contributed by atoms with E-state index in [1.54, 1.807) is 0 Å². The van der Waals surface area contributed by atoms with Crippen molar-refractivity contribution in [1.29, 1.82) is 0 Å². The zero-order chi connectivity index (χ0) is 18.1. The molecule has 3 saturated heterocycles. The Morgan fingerprint density at radius 3 is 2.27 bits per heavy atom. The van der Waals surface area contributed by atoms with Crippen molar-refractivity contribution < 1.29 is 4.74 Å². The minimum Gasteiger partial charge on any atom is -0.383 e. The minimum absolute atomic E-state index is 0.335. The number of hydrogen-bond acceptors (Lipinski definition) is 7. The Bertz CT molecular complexity index is 602. The summed E-state index contributed by atoms with van der Waals surface area (Å²) in [4.78, 5) is 16.5. The predicted octanol–water partition coefficient (Wildman–Crippen LogP) is 1.74. The van der Waals surface area contributed by atoms with Crippen LogP contribution >= 0.6 is 0 Å². The van der Waals surface area contributed by atoms with Crippen LogP contribution in [0.3, 0.4) is 0 Å². The summed E-state index contributed by atoms with van der Waals surface area (Å²) in [7, 11) is 0. The monoisotopic (exact) mass is 360 g/mol. The average Bonchev–Trinajstić information content (AvgIpc) is 3.15. The Morgan fingerprint density at radius 2 is 1.62 bits per heavy atom. The number of piperidine rings is 1. The van der Waals surface area contributed by atoms with E-state index in [-0.39, 0.29) is 0 Å². The molecule has 7 heteroatoms. The first kappa shape index (κ1) is 17.8. The number of ether oxygens (including phenoxy) is 1. The molecule has 4 rings (SSSR count). The van der Waals surface area contributed by atoms with Crippen LogP contribution in [0.25, 0.3) is 0 Å². The van der Waals surface area contributed by atoms with Gasteiger partial charge in [0.05, 0.1) is 12.2 Å². The molecule has 1 aromatic heterocycles. The minimum atomic E-state index is 0.335. The fourth-order valence-corrected chi connectivity index (χ4v) is 4.64. The summed E-state index contributed by atoms with van der Waals surface area (Å²) in [6.45, 7) is 10.6. The smallest absolute Gasteiger partial charge is 0.229 e. The van der Waals surface area contributed by atoms with Gasteiger partial charge in [-0.15, -0.1) is 0 Å². The lowest BCUT2D eigenvalue weighted by molar-refractivity contribution is -0.0826. The van der Waals surface area contributed by atoms with E-state index in [1.165, 1.54) is 25.7 Å². The first-order chi connectivity index (χ1) is 12.6. The van der Waals surface area contributed by atoms with Crippen molar-refractivity contribution in [1.82, 2.24) is 14.9 Å². The largest absolute Gasteiger partial charge is 0.383 e. The second-order valence-electron chi connectivity index (χ2n) is 8.07. The number of aromatic nitrogens is 2. The van der Waals surface area contributed by atoms with Crippen LogP contribution in [0, 0.1) is 0 Å². The highest BCUT2D eigenvalue weighted by atomic mass is 16.5. The van der Waals surface area contributed by atoms with Gasteiger partial charge in [0.2, 0.25) is 5.95 Å². The number of nitrogens with zero attached hydrogens (tertiary/aromatic N) is 5. The van der Waals surface area contributed by atoms with Gasteiger partial charge in [0.1, 0.15) is 11.6 Å². The fourth-order valence-electron chi connectivity index (χ4n) is 4.64. The Hall–Kier alpha value is -1.60. The number of anilines is 3. The van der Waals surface area contributed by atoms with Crippen molar-refractivity contribution >= 4 is 17.6 Å². The zero-order valence-corrected chi connectivity index (χ0v) is 16.1. The Labute approximate surface area is 156 Å². The quantitative estimate of drug-likeness (QED) is 0.880. The van der Waals surface area contributed by atoms with Crippen molar-refractivity contribution in [3.8, 4) is 0 Å². The van der Waals surface area contributed by atoms with Crippen LogP contribution in [0.2, 0.25) is 0 Å². The van der Waals surface area contributed by atoms with Crippen LogP contribution in [-0.2, 0) is 4.74 Å². The molecule has 0 saturated carbocycles. The van der Waals surface area contributed by atoms with E-state index in [2.05, 4.69) is 33.5 Å². The molecule has 26 heavy (non-hydrogen) atoms. The van der Waals surface area contributed by atoms with Crippen LogP contribution in [0.15, 0.2) is 6.07 Å². The van der Waals surface area contributed by atoms with Crippen LogP contribution in [0.5, 0.6) is 0 Å². The molecule has 0 aliphatic carbocycles. The Morgan fingerprint density at radius 1 is 0.962 bits per heavy atom. The van der Waals surface area contributed by atoms with Crippen LogP contribution in [0.1, 0.15) is 39.5 Å². The van der Waals surface area contributed by atoms with E-state index in [0.717, 1.165) is 51.0 Å². The lowest BCUT2D eigenvalue weighted by Gasteiger charge is -2.43. The van der Waals surface area contributed by atoms with Gasteiger partial charge in [0, 0.05) is 51.4 Å². The third kappa shape index (κ3) is 3.88. The summed E-state index contributed by atoms with van der Waals surface area (Å²) in [6.07, 6.45) is 5.44. The average molecular weight is 361 g/mol. The molecule has 0 aromatic carbocycles. The molecule has 144 valence electrons. The molecule has 0 spiro atoms. The first-order valence-electron chi connectivity index (χ1n) is 10.1. The van der Waals surface area contributed by atoms with E-state index in [4.69, 9.17) is 15.5 Å². The van der Waals surface area contributed by atoms with Crippen molar-refractivity contribution in [3.05, 3.63) is 6.07 Å². The van der Waals surface area contributed by atoms with E-state index in [0.29, 0.717) is 24.1 Å². The van der Waals surface area contributed by atoms with Gasteiger partial charge >= 0.3 is 0 Å². The Kier molecular flexibility index (Phi) is 5.18. The number of morpholine rings is 1. The van der Waals surface area contributed by atoms with Crippen molar-refractivity contribution in [2.24, 2.45) is 0 Å². The summed E-state index contributed by atoms with van der Waals surface area (Å²) in [5.74, 6) is 2.37. The lowest BCUT2D eigenvalue weighted by atomic mass is 10.0. The number of nitrogen functional groups attached to an aromatic ring is 1. The molecular weight excluding hydrogens is 328 g/mol. The first-order valence-corrected chi connectivity index (χ1v) is 10.1. The molecule has 2 N–H and O–H groups in total. The van der Waals surface area contributed by atoms with Gasteiger partial charge in [-0.2, -0.15) is 9.97 Å². The fraction of sp³-hybridized carbons (Fsp3) is 0.789. The maximum Gasteiger partial charge on any atom is 0.229 e. The van der Waals surface area contributed by atoms with Crippen LogP contribution in [0.4, 0.5) is 17.6 Å². The summed E-state index contributed by atoms with van der Waals surface area (Å²) >= 11 is 0. The maximum absolute atomic E-state index is 6.08. The zero-order valence-electron chi connectivity index (χ0n) is 16.1. The summed E-state index contributed by atoms with van der Waals surface area (Å²) in [5.41, 5.74) is 6.08. The lowest BCUT2D eigenvalue weighted by Crippen LogP contribution is -2.53. The standard InChI is InChI=1S/C19H32N6O/c1-14-12-25(13-15(2)26-14)16-5-9-23(10-6-16)18-11-17(20)21-19(22-18)24-7-3-4-8-24/h11,14-16H,3-10,12-13H2,1-2H3,(H2,20,21,22)/t14-,15+. The second kappa shape index (κ2) is 7.56. The van der Waals surface area contributed by atoms with Gasteiger partial charge in [-0.25, -0.2) is 0 Å². The summed E-state index contributed by atoms with van der Waals surface area (Å²) in [6, 6.07) is 2.58. The highest BCUT2D eigenvalue weighted by Crippen LogP contribution is 2.27. The predicted molar refractivity (Wildman–Crippen MR) is 105 cm³/mol. The van der Waals surface area contributed by atoms with Gasteiger partial charge in [-0.3, -0.25) is 4.90 Å². The van der Waals surface area contributed by atoms with E-state index >= 15 is 0 Å².